The van der Waals surface area contributed by atoms with Crippen molar-refractivity contribution in [3.63, 3.8) is 0 Å². The Labute approximate surface area is 152 Å². The molecule has 0 bridgehead atoms. The van der Waals surface area contributed by atoms with Gasteiger partial charge in [-0.15, -0.1) is 5.10 Å². The van der Waals surface area contributed by atoms with Crippen molar-refractivity contribution in [3.8, 4) is 11.5 Å². The maximum Gasteiger partial charge on any atom is 0.357 e. The topological polar surface area (TPSA) is 162 Å². The number of hydrogen-bond donors (Lipinski definition) is 3. The van der Waals surface area contributed by atoms with Gasteiger partial charge in [0.15, 0.2) is 16.9 Å². The van der Waals surface area contributed by atoms with Crippen LogP contribution in [0, 0.1) is 0 Å². The van der Waals surface area contributed by atoms with E-state index in [1.165, 1.54) is 17.0 Å². The number of furan rings is 1. The average Bonchev–Trinajstić information content (AvgIpc) is 3.24. The Hall–Kier alpha value is -3.51. The van der Waals surface area contributed by atoms with E-state index in [-0.39, 0.29) is 18.2 Å². The lowest BCUT2D eigenvalue weighted by molar-refractivity contribution is 0.489. The van der Waals surface area contributed by atoms with Crippen molar-refractivity contribution in [1.29, 1.82) is 0 Å². The number of nitrogens with zero attached hydrogens (tertiary/aromatic N) is 5. The Balaban J connectivity index is 1.73. The number of nitrogens with one attached hydrogen (secondary N) is 1. The third-order valence-electron chi connectivity index (χ3n) is 3.64. The van der Waals surface area contributed by atoms with Crippen molar-refractivity contribution >= 4 is 33.1 Å². The van der Waals surface area contributed by atoms with Crippen LogP contribution in [0.3, 0.4) is 0 Å². The molecule has 0 saturated carbocycles. The molecule has 4 aromatic rings. The van der Waals surface area contributed by atoms with Crippen LogP contribution in [0.15, 0.2) is 47.1 Å². The van der Waals surface area contributed by atoms with Crippen LogP contribution in [-0.2, 0) is 16.8 Å². The quantitative estimate of drug-likeness (QED) is 0.429. The minimum atomic E-state index is -4.36. The molecule has 138 valence electrons. The highest BCUT2D eigenvalue weighted by atomic mass is 32.2. The molecule has 1 aromatic carbocycles. The second-order valence-corrected chi connectivity index (χ2v) is 6.76. The highest BCUT2D eigenvalue weighted by Crippen LogP contribution is 2.25. The van der Waals surface area contributed by atoms with Gasteiger partial charge in [-0.3, -0.25) is 9.27 Å². The third-order valence-corrected chi connectivity index (χ3v) is 4.13. The number of aromatic nitrogens is 5. The van der Waals surface area contributed by atoms with Gasteiger partial charge in [-0.2, -0.15) is 13.4 Å². The fourth-order valence-electron chi connectivity index (χ4n) is 2.62. The van der Waals surface area contributed by atoms with E-state index in [4.69, 9.17) is 14.7 Å². The molecule has 0 aliphatic rings. The minimum Gasteiger partial charge on any atom is -0.463 e. The summed E-state index contributed by atoms with van der Waals surface area (Å²) in [5.41, 5.74) is 7.98. The number of hydrogen-bond acceptors (Lipinski definition) is 8. The molecule has 0 aliphatic heterocycles. The van der Waals surface area contributed by atoms with E-state index in [2.05, 4.69) is 20.3 Å². The van der Waals surface area contributed by atoms with Crippen molar-refractivity contribution in [2.24, 2.45) is 0 Å². The monoisotopic (exact) mass is 387 g/mol. The van der Waals surface area contributed by atoms with E-state index in [0.717, 1.165) is 0 Å². The van der Waals surface area contributed by atoms with Gasteiger partial charge in [-0.05, 0) is 29.8 Å². The van der Waals surface area contributed by atoms with Crippen LogP contribution < -0.4 is 10.5 Å². The summed E-state index contributed by atoms with van der Waals surface area (Å²) in [7, 11) is -4.36. The van der Waals surface area contributed by atoms with E-state index in [1.54, 1.807) is 30.3 Å². The lowest BCUT2D eigenvalue weighted by atomic mass is 10.2. The number of benzene rings is 1. The predicted octanol–water partition coefficient (Wildman–Crippen LogP) is 1.33. The number of nitrogen functional groups attached to an aromatic ring is 1. The maximum absolute atomic E-state index is 11.0. The van der Waals surface area contributed by atoms with E-state index in [1.807, 2.05) is 4.72 Å². The van der Waals surface area contributed by atoms with Gasteiger partial charge in [0.05, 0.1) is 18.5 Å². The summed E-state index contributed by atoms with van der Waals surface area (Å²) in [6, 6.07) is 9.91. The summed E-state index contributed by atoms with van der Waals surface area (Å²) in [6.45, 7) is 0.242. The van der Waals surface area contributed by atoms with Gasteiger partial charge in [0.1, 0.15) is 5.69 Å². The molecule has 3 heterocycles. The second kappa shape index (κ2) is 6.34. The van der Waals surface area contributed by atoms with Crippen LogP contribution in [0.25, 0.3) is 22.6 Å². The van der Waals surface area contributed by atoms with E-state index in [0.29, 0.717) is 28.2 Å². The van der Waals surface area contributed by atoms with Gasteiger partial charge in [0, 0.05) is 0 Å². The van der Waals surface area contributed by atoms with Crippen molar-refractivity contribution in [2.75, 3.05) is 10.5 Å². The Kier molecular flexibility index (Phi) is 3.97. The first-order valence-corrected chi connectivity index (χ1v) is 9.08. The van der Waals surface area contributed by atoms with E-state index in [9.17, 15) is 8.42 Å². The third kappa shape index (κ3) is 3.56. The van der Waals surface area contributed by atoms with Crippen LogP contribution in [0.4, 0.5) is 11.6 Å². The predicted molar refractivity (Wildman–Crippen MR) is 95.9 cm³/mol. The Morgan fingerprint density at radius 3 is 2.81 bits per heavy atom. The first kappa shape index (κ1) is 16.9. The Bertz CT molecular complexity index is 1220. The van der Waals surface area contributed by atoms with Crippen LogP contribution in [0.5, 0.6) is 0 Å². The van der Waals surface area contributed by atoms with Gasteiger partial charge < -0.3 is 10.2 Å². The fourth-order valence-corrected chi connectivity index (χ4v) is 3.04. The van der Waals surface area contributed by atoms with Gasteiger partial charge in [0.2, 0.25) is 5.95 Å². The highest BCUT2D eigenvalue weighted by Gasteiger charge is 2.17. The Morgan fingerprint density at radius 2 is 2.07 bits per heavy atom. The smallest absolute Gasteiger partial charge is 0.357 e. The molecule has 0 aliphatic carbocycles. The molecular weight excluding hydrogens is 374 g/mol. The molecule has 0 amide bonds. The molecule has 0 spiro atoms. The van der Waals surface area contributed by atoms with Gasteiger partial charge in [0.25, 0.3) is 0 Å². The zero-order valence-corrected chi connectivity index (χ0v) is 14.5. The molecule has 27 heavy (non-hydrogen) atoms. The maximum atomic E-state index is 11.0. The van der Waals surface area contributed by atoms with Gasteiger partial charge in [-0.25, -0.2) is 9.67 Å². The van der Waals surface area contributed by atoms with Crippen LogP contribution in [0.2, 0.25) is 0 Å². The van der Waals surface area contributed by atoms with Gasteiger partial charge in [-0.1, -0.05) is 17.3 Å². The normalized spacial score (nSPS) is 11.7. The molecule has 0 saturated heterocycles. The number of fused-ring (bicyclic) bond motifs is 1. The molecule has 0 atom stereocenters. The molecule has 4 rings (SSSR count). The standard InChI is InChI=1S/C15H13N7O4S/c16-15-17-12(11-5-2-6-26-11)13-14(18-15)22(21-19-13)8-9-3-1-4-10(7-9)20-27(23,24)25/h1-7,20H,8H2,(H2,16,17,18)(H,23,24,25). The highest BCUT2D eigenvalue weighted by molar-refractivity contribution is 7.87. The van der Waals surface area contributed by atoms with Crippen molar-refractivity contribution in [2.45, 2.75) is 6.54 Å². The SMILES string of the molecule is Nc1nc(-c2ccco2)c2nnn(Cc3cccc(NS(=O)(=O)O)c3)c2n1. The van der Waals surface area contributed by atoms with Crippen molar-refractivity contribution in [3.05, 3.63) is 48.2 Å². The fraction of sp³-hybridized carbons (Fsp3) is 0.0667. The molecule has 12 heteroatoms. The molecule has 4 N–H and O–H groups in total. The lowest BCUT2D eigenvalue weighted by Crippen LogP contribution is -2.11. The number of nitrogens with two attached hydrogens (primary N) is 1. The number of rotatable bonds is 5. The summed E-state index contributed by atoms with van der Waals surface area (Å²) < 4.78 is 39.7. The molecule has 0 fully saturated rings. The first-order valence-electron chi connectivity index (χ1n) is 7.64. The first-order chi connectivity index (χ1) is 12.9. The van der Waals surface area contributed by atoms with Crippen molar-refractivity contribution < 1.29 is 17.4 Å². The molecule has 0 unspecified atom stereocenters. The summed E-state index contributed by atoms with van der Waals surface area (Å²) >= 11 is 0. The summed E-state index contributed by atoms with van der Waals surface area (Å²) in [4.78, 5) is 8.37. The Morgan fingerprint density at radius 1 is 1.22 bits per heavy atom. The minimum absolute atomic E-state index is 0.0410. The largest absolute Gasteiger partial charge is 0.463 e. The zero-order valence-electron chi connectivity index (χ0n) is 13.6. The number of anilines is 2. The lowest BCUT2D eigenvalue weighted by Gasteiger charge is -2.07. The molecule has 11 nitrogen and oxygen atoms in total. The van der Waals surface area contributed by atoms with E-state index >= 15 is 0 Å². The summed E-state index contributed by atoms with van der Waals surface area (Å²) in [5, 5.41) is 8.20. The summed E-state index contributed by atoms with van der Waals surface area (Å²) in [5.74, 6) is 0.528. The summed E-state index contributed by atoms with van der Waals surface area (Å²) in [6.07, 6.45) is 1.51. The molecule has 3 aromatic heterocycles. The second-order valence-electron chi connectivity index (χ2n) is 5.60. The van der Waals surface area contributed by atoms with Gasteiger partial charge >= 0.3 is 10.3 Å². The molecular formula is C15H13N7O4S. The average molecular weight is 387 g/mol. The van der Waals surface area contributed by atoms with Crippen LogP contribution in [0.1, 0.15) is 5.56 Å². The van der Waals surface area contributed by atoms with Crippen LogP contribution >= 0.6 is 0 Å². The van der Waals surface area contributed by atoms with Crippen molar-refractivity contribution in [1.82, 2.24) is 25.0 Å². The zero-order chi connectivity index (χ0) is 19.0. The van der Waals surface area contributed by atoms with E-state index < -0.39 is 10.3 Å². The van der Waals surface area contributed by atoms with Crippen LogP contribution in [-0.4, -0.2) is 37.9 Å². The molecule has 0 radical (unpaired) electrons.